The lowest BCUT2D eigenvalue weighted by molar-refractivity contribution is -0.128. The van der Waals surface area contributed by atoms with Crippen molar-refractivity contribution >= 4 is 17.6 Å². The summed E-state index contributed by atoms with van der Waals surface area (Å²) in [5.74, 6) is 2.07. The van der Waals surface area contributed by atoms with Crippen molar-refractivity contribution in [1.82, 2.24) is 4.90 Å². The van der Waals surface area contributed by atoms with E-state index < -0.39 is 0 Å². The fourth-order valence-corrected chi connectivity index (χ4v) is 3.47. The summed E-state index contributed by atoms with van der Waals surface area (Å²) in [4.78, 5) is 18.1. The summed E-state index contributed by atoms with van der Waals surface area (Å²) in [6, 6.07) is 25.4. The van der Waals surface area contributed by atoms with Gasteiger partial charge in [0.1, 0.15) is 11.5 Å². The highest BCUT2D eigenvalue weighted by Gasteiger charge is 2.19. The minimum atomic E-state index is 0.241. The zero-order valence-corrected chi connectivity index (χ0v) is 17.3. The van der Waals surface area contributed by atoms with E-state index in [9.17, 15) is 4.79 Å². The van der Waals surface area contributed by atoms with Crippen LogP contribution in [0.1, 0.15) is 24.0 Å². The van der Waals surface area contributed by atoms with Gasteiger partial charge in [0.2, 0.25) is 5.91 Å². The first-order valence-electron chi connectivity index (χ1n) is 10.4. The average molecular weight is 415 g/mol. The van der Waals surface area contributed by atoms with E-state index in [2.05, 4.69) is 10.3 Å². The fraction of sp³-hybridized carbons (Fsp3) is 0.200. The van der Waals surface area contributed by atoms with Crippen molar-refractivity contribution in [1.29, 1.82) is 0 Å². The third-order valence-corrected chi connectivity index (χ3v) is 5.09. The van der Waals surface area contributed by atoms with Gasteiger partial charge in [-0.25, -0.2) is 4.99 Å². The number of hydrogen-bond donors (Lipinski definition) is 2. The molecule has 1 amide bonds. The molecule has 0 atom stereocenters. The lowest BCUT2D eigenvalue weighted by atomic mass is 10.1. The van der Waals surface area contributed by atoms with Crippen molar-refractivity contribution in [3.8, 4) is 11.5 Å². The molecule has 3 N–H and O–H groups in total. The average Bonchev–Trinajstić information content (AvgIpc) is 3.18. The topological polar surface area (TPSA) is 80.0 Å². The molecule has 6 heteroatoms. The molecule has 0 radical (unpaired) electrons. The van der Waals surface area contributed by atoms with Gasteiger partial charge in [0, 0.05) is 31.3 Å². The SMILES string of the molecule is NC(=NCc1ccc(CN2CCCC2=O)cc1)Nc1cccc(Oc2ccccc2)c1. The molecule has 1 saturated heterocycles. The predicted molar refractivity (Wildman–Crippen MR) is 123 cm³/mol. The monoisotopic (exact) mass is 414 g/mol. The number of anilines is 1. The number of benzene rings is 3. The molecule has 158 valence electrons. The number of rotatable bonds is 7. The summed E-state index contributed by atoms with van der Waals surface area (Å²) in [7, 11) is 0. The molecule has 6 nitrogen and oxygen atoms in total. The number of ether oxygens (including phenoxy) is 1. The fourth-order valence-electron chi connectivity index (χ4n) is 3.47. The second kappa shape index (κ2) is 9.80. The van der Waals surface area contributed by atoms with Gasteiger partial charge in [-0.2, -0.15) is 0 Å². The molecule has 3 aromatic rings. The maximum atomic E-state index is 11.8. The smallest absolute Gasteiger partial charge is 0.222 e. The van der Waals surface area contributed by atoms with Gasteiger partial charge in [0.15, 0.2) is 5.96 Å². The van der Waals surface area contributed by atoms with Gasteiger partial charge < -0.3 is 20.7 Å². The van der Waals surface area contributed by atoms with Crippen LogP contribution in [-0.4, -0.2) is 23.3 Å². The second-order valence-electron chi connectivity index (χ2n) is 7.50. The van der Waals surface area contributed by atoms with E-state index in [1.54, 1.807) is 0 Å². The molecule has 0 unspecified atom stereocenters. The van der Waals surface area contributed by atoms with E-state index in [1.807, 2.05) is 83.8 Å². The van der Waals surface area contributed by atoms with Crippen LogP contribution in [0.4, 0.5) is 5.69 Å². The van der Waals surface area contributed by atoms with Gasteiger partial charge in [-0.1, -0.05) is 48.5 Å². The molecular weight excluding hydrogens is 388 g/mol. The van der Waals surface area contributed by atoms with E-state index in [1.165, 1.54) is 0 Å². The first-order chi connectivity index (χ1) is 15.2. The third-order valence-electron chi connectivity index (χ3n) is 5.09. The van der Waals surface area contributed by atoms with E-state index in [0.717, 1.165) is 41.3 Å². The molecule has 31 heavy (non-hydrogen) atoms. The first-order valence-corrected chi connectivity index (χ1v) is 10.4. The van der Waals surface area contributed by atoms with Crippen LogP contribution in [0.3, 0.4) is 0 Å². The molecule has 1 heterocycles. The summed E-state index contributed by atoms with van der Waals surface area (Å²) >= 11 is 0. The van der Waals surface area contributed by atoms with Crippen LogP contribution in [0.25, 0.3) is 0 Å². The van der Waals surface area contributed by atoms with Crippen LogP contribution in [0.15, 0.2) is 83.9 Å². The molecule has 0 spiro atoms. The van der Waals surface area contributed by atoms with Gasteiger partial charge in [0.05, 0.1) is 6.54 Å². The number of guanidine groups is 1. The Labute approximate surface area is 182 Å². The van der Waals surface area contributed by atoms with Crippen LogP contribution in [0.2, 0.25) is 0 Å². The van der Waals surface area contributed by atoms with Crippen LogP contribution in [0.5, 0.6) is 11.5 Å². The Balaban J connectivity index is 1.31. The first kappa shape index (κ1) is 20.5. The molecule has 0 bridgehead atoms. The molecule has 3 aromatic carbocycles. The highest BCUT2D eigenvalue weighted by molar-refractivity contribution is 5.92. The Hall–Kier alpha value is -3.80. The second-order valence-corrected chi connectivity index (χ2v) is 7.50. The molecule has 4 rings (SSSR count). The molecule has 1 aliphatic heterocycles. The van der Waals surface area contributed by atoms with Gasteiger partial charge in [0.25, 0.3) is 0 Å². The van der Waals surface area contributed by atoms with Crippen molar-refractivity contribution in [3.63, 3.8) is 0 Å². The Bertz CT molecular complexity index is 1050. The van der Waals surface area contributed by atoms with Crippen LogP contribution < -0.4 is 15.8 Å². The summed E-state index contributed by atoms with van der Waals surface area (Å²) in [6.45, 7) is 2.00. The van der Waals surface area contributed by atoms with E-state index in [4.69, 9.17) is 10.5 Å². The molecule has 1 aliphatic rings. The van der Waals surface area contributed by atoms with Crippen molar-refractivity contribution in [3.05, 3.63) is 90.0 Å². The normalized spacial score (nSPS) is 14.0. The summed E-state index contributed by atoms with van der Waals surface area (Å²) < 4.78 is 5.85. The third kappa shape index (κ3) is 5.85. The highest BCUT2D eigenvalue weighted by Crippen LogP contribution is 2.23. The van der Waals surface area contributed by atoms with Crippen molar-refractivity contribution in [2.24, 2.45) is 10.7 Å². The van der Waals surface area contributed by atoms with Crippen LogP contribution >= 0.6 is 0 Å². The number of para-hydroxylation sites is 1. The lowest BCUT2D eigenvalue weighted by Gasteiger charge is -2.15. The number of nitrogens with one attached hydrogen (secondary N) is 1. The predicted octanol–water partition coefficient (Wildman–Crippen LogP) is 4.53. The molecule has 0 aliphatic carbocycles. The summed E-state index contributed by atoms with van der Waals surface area (Å²) in [6.07, 6.45) is 1.62. The number of nitrogens with zero attached hydrogens (tertiary/aromatic N) is 2. The maximum Gasteiger partial charge on any atom is 0.222 e. The van der Waals surface area contributed by atoms with E-state index in [0.29, 0.717) is 25.5 Å². The molecule has 0 aromatic heterocycles. The Morgan fingerprint density at radius 3 is 2.45 bits per heavy atom. The zero-order valence-electron chi connectivity index (χ0n) is 17.3. The maximum absolute atomic E-state index is 11.8. The zero-order chi connectivity index (χ0) is 21.5. The van der Waals surface area contributed by atoms with Crippen molar-refractivity contribution in [2.75, 3.05) is 11.9 Å². The van der Waals surface area contributed by atoms with Gasteiger partial charge in [-0.05, 0) is 41.8 Å². The summed E-state index contributed by atoms with van der Waals surface area (Å²) in [5, 5.41) is 3.11. The quantitative estimate of drug-likeness (QED) is 0.440. The summed E-state index contributed by atoms with van der Waals surface area (Å²) in [5.41, 5.74) is 9.06. The number of likely N-dealkylation sites (tertiary alicyclic amines) is 1. The van der Waals surface area contributed by atoms with Gasteiger partial charge in [-0.3, -0.25) is 4.79 Å². The highest BCUT2D eigenvalue weighted by atomic mass is 16.5. The van der Waals surface area contributed by atoms with Crippen LogP contribution in [0, 0.1) is 0 Å². The number of carbonyl (C=O) groups excluding carboxylic acids is 1. The number of carbonyl (C=O) groups is 1. The number of nitrogens with two attached hydrogens (primary N) is 1. The molecule has 0 saturated carbocycles. The number of amides is 1. The van der Waals surface area contributed by atoms with E-state index in [-0.39, 0.29) is 5.91 Å². The number of aliphatic imine (C=N–C) groups is 1. The van der Waals surface area contributed by atoms with Crippen LogP contribution in [-0.2, 0) is 17.9 Å². The molecular formula is C25H26N4O2. The Morgan fingerprint density at radius 1 is 0.968 bits per heavy atom. The van der Waals surface area contributed by atoms with Crippen molar-refractivity contribution in [2.45, 2.75) is 25.9 Å². The van der Waals surface area contributed by atoms with Gasteiger partial charge >= 0.3 is 0 Å². The Kier molecular flexibility index (Phi) is 6.47. The number of hydrogen-bond acceptors (Lipinski definition) is 3. The minimum absolute atomic E-state index is 0.241. The Morgan fingerprint density at radius 2 is 1.71 bits per heavy atom. The van der Waals surface area contributed by atoms with Gasteiger partial charge in [-0.15, -0.1) is 0 Å². The van der Waals surface area contributed by atoms with E-state index >= 15 is 0 Å². The largest absolute Gasteiger partial charge is 0.457 e. The van der Waals surface area contributed by atoms with Crippen molar-refractivity contribution < 1.29 is 9.53 Å². The minimum Gasteiger partial charge on any atom is -0.457 e. The lowest BCUT2D eigenvalue weighted by Crippen LogP contribution is -2.23. The standard InChI is InChI=1S/C25H26N4O2/c26-25(28-21-6-4-9-23(16-21)31-22-7-2-1-3-8-22)27-17-19-11-13-20(14-12-19)18-29-15-5-10-24(29)30/h1-4,6-9,11-14,16H,5,10,15,17-18H2,(H3,26,27,28). The molecule has 1 fully saturated rings.